The molecule has 0 aliphatic heterocycles. The van der Waals surface area contributed by atoms with Gasteiger partial charge >= 0.3 is 0 Å². The Kier molecular flexibility index (Phi) is 6.33. The van der Waals surface area contributed by atoms with Crippen molar-refractivity contribution < 1.29 is 4.79 Å². The Bertz CT molecular complexity index is 991. The maximum Gasteiger partial charge on any atom is 0.250 e. The SMILES string of the molecule is CC(C)c1ccc(-c2csc(NC(=O)C=Cc3ccc(C(C)(C)C)cc3)n2)cc1. The first-order valence-corrected chi connectivity index (χ1v) is 10.8. The van der Waals surface area contributed by atoms with Gasteiger partial charge in [-0.15, -0.1) is 11.3 Å². The predicted molar refractivity (Wildman–Crippen MR) is 124 cm³/mol. The zero-order valence-electron chi connectivity index (χ0n) is 17.7. The summed E-state index contributed by atoms with van der Waals surface area (Å²) in [5.74, 6) is 0.326. The molecule has 0 spiro atoms. The first kappa shape index (κ1) is 21.0. The quantitative estimate of drug-likeness (QED) is 0.471. The average molecular weight is 405 g/mol. The van der Waals surface area contributed by atoms with Crippen LogP contribution in [0.25, 0.3) is 17.3 Å². The average Bonchev–Trinajstić information content (AvgIpc) is 3.14. The van der Waals surface area contributed by atoms with E-state index in [-0.39, 0.29) is 11.3 Å². The van der Waals surface area contributed by atoms with Gasteiger partial charge in [-0.3, -0.25) is 10.1 Å². The van der Waals surface area contributed by atoms with Gasteiger partial charge < -0.3 is 0 Å². The fourth-order valence-electron chi connectivity index (χ4n) is 2.92. The summed E-state index contributed by atoms with van der Waals surface area (Å²) in [5.41, 5.74) is 5.63. The number of carbonyl (C=O) groups is 1. The first-order chi connectivity index (χ1) is 13.7. The Morgan fingerprint density at radius 1 is 1.03 bits per heavy atom. The van der Waals surface area contributed by atoms with E-state index in [1.54, 1.807) is 6.08 Å². The van der Waals surface area contributed by atoms with Crippen molar-refractivity contribution in [2.45, 2.75) is 46.0 Å². The summed E-state index contributed by atoms with van der Waals surface area (Å²) in [6.45, 7) is 10.9. The van der Waals surface area contributed by atoms with Gasteiger partial charge in [-0.2, -0.15) is 0 Å². The lowest BCUT2D eigenvalue weighted by atomic mass is 9.87. The second-order valence-corrected chi connectivity index (χ2v) is 9.37. The Morgan fingerprint density at radius 2 is 1.69 bits per heavy atom. The topological polar surface area (TPSA) is 42.0 Å². The molecule has 1 heterocycles. The lowest BCUT2D eigenvalue weighted by Gasteiger charge is -2.18. The number of hydrogen-bond acceptors (Lipinski definition) is 3. The Hall–Kier alpha value is -2.72. The van der Waals surface area contributed by atoms with Crippen molar-refractivity contribution in [1.29, 1.82) is 0 Å². The largest absolute Gasteiger partial charge is 0.298 e. The van der Waals surface area contributed by atoms with Crippen LogP contribution in [0.15, 0.2) is 60.0 Å². The van der Waals surface area contributed by atoms with E-state index in [0.717, 1.165) is 16.8 Å². The van der Waals surface area contributed by atoms with Crippen molar-refractivity contribution in [3.63, 3.8) is 0 Å². The monoisotopic (exact) mass is 404 g/mol. The number of hydrogen-bond donors (Lipinski definition) is 1. The zero-order chi connectivity index (χ0) is 21.0. The molecule has 0 radical (unpaired) electrons. The summed E-state index contributed by atoms with van der Waals surface area (Å²) in [6.07, 6.45) is 3.37. The minimum Gasteiger partial charge on any atom is -0.298 e. The van der Waals surface area contributed by atoms with Crippen molar-refractivity contribution in [2.24, 2.45) is 0 Å². The predicted octanol–water partition coefficient (Wildman–Crippen LogP) is 6.88. The molecule has 3 aromatic rings. The summed E-state index contributed by atoms with van der Waals surface area (Å²) in [6, 6.07) is 16.7. The molecule has 0 unspecified atom stereocenters. The van der Waals surface area contributed by atoms with Gasteiger partial charge in [-0.25, -0.2) is 4.98 Å². The first-order valence-electron chi connectivity index (χ1n) is 9.88. The molecule has 3 nitrogen and oxygen atoms in total. The van der Waals surface area contributed by atoms with Crippen LogP contribution >= 0.6 is 11.3 Å². The van der Waals surface area contributed by atoms with Crippen molar-refractivity contribution in [2.75, 3.05) is 5.32 Å². The van der Waals surface area contributed by atoms with Crippen LogP contribution in [0.5, 0.6) is 0 Å². The highest BCUT2D eigenvalue weighted by Gasteiger charge is 2.12. The van der Waals surface area contributed by atoms with Crippen LogP contribution in [-0.4, -0.2) is 10.9 Å². The van der Waals surface area contributed by atoms with E-state index in [9.17, 15) is 4.79 Å². The lowest BCUT2D eigenvalue weighted by Crippen LogP contribution is -2.10. The molecule has 0 saturated carbocycles. The zero-order valence-corrected chi connectivity index (χ0v) is 18.5. The van der Waals surface area contributed by atoms with E-state index >= 15 is 0 Å². The van der Waals surface area contributed by atoms with Crippen LogP contribution in [0, 0.1) is 0 Å². The molecule has 0 bridgehead atoms. The van der Waals surface area contributed by atoms with E-state index in [4.69, 9.17) is 0 Å². The summed E-state index contributed by atoms with van der Waals surface area (Å²) in [4.78, 5) is 16.8. The lowest BCUT2D eigenvalue weighted by molar-refractivity contribution is -0.111. The molecule has 29 heavy (non-hydrogen) atoms. The van der Waals surface area contributed by atoms with E-state index in [1.807, 2.05) is 23.6 Å². The van der Waals surface area contributed by atoms with Crippen LogP contribution in [0.1, 0.15) is 57.2 Å². The highest BCUT2D eigenvalue weighted by Crippen LogP contribution is 2.26. The summed E-state index contributed by atoms with van der Waals surface area (Å²) >= 11 is 1.43. The van der Waals surface area contributed by atoms with Crippen LogP contribution in [0.4, 0.5) is 5.13 Å². The molecule has 0 saturated heterocycles. The summed E-state index contributed by atoms with van der Waals surface area (Å²) in [7, 11) is 0. The van der Waals surface area contributed by atoms with Gasteiger partial charge in [0.1, 0.15) is 0 Å². The standard InChI is InChI=1S/C25H28N2OS/c1-17(2)19-9-11-20(12-10-19)22-16-29-24(26-22)27-23(28)15-8-18-6-13-21(14-7-18)25(3,4)5/h6-17H,1-5H3,(H,26,27,28). The molecule has 0 aliphatic rings. The van der Waals surface area contributed by atoms with Gasteiger partial charge in [0.05, 0.1) is 5.69 Å². The number of nitrogens with one attached hydrogen (secondary N) is 1. The van der Waals surface area contributed by atoms with Gasteiger partial charge in [0, 0.05) is 17.0 Å². The van der Waals surface area contributed by atoms with E-state index < -0.39 is 0 Å². The van der Waals surface area contributed by atoms with Gasteiger partial charge in [0.25, 0.3) is 0 Å². The van der Waals surface area contributed by atoms with Crippen LogP contribution in [0.2, 0.25) is 0 Å². The fourth-order valence-corrected chi connectivity index (χ4v) is 3.64. The minimum absolute atomic E-state index is 0.122. The smallest absolute Gasteiger partial charge is 0.250 e. The van der Waals surface area contributed by atoms with Gasteiger partial charge in [0.2, 0.25) is 5.91 Å². The molecule has 1 N–H and O–H groups in total. The number of aromatic nitrogens is 1. The Labute approximate surface area is 177 Å². The minimum atomic E-state index is -0.180. The number of thiazole rings is 1. The third kappa shape index (κ3) is 5.64. The maximum absolute atomic E-state index is 12.2. The molecule has 1 aromatic heterocycles. The number of carbonyl (C=O) groups excluding carboxylic acids is 1. The number of nitrogens with zero attached hydrogens (tertiary/aromatic N) is 1. The molecule has 0 aliphatic carbocycles. The number of rotatable bonds is 5. The van der Waals surface area contributed by atoms with E-state index in [1.165, 1.54) is 22.5 Å². The molecule has 4 heteroatoms. The van der Waals surface area contributed by atoms with Crippen LogP contribution in [-0.2, 0) is 10.2 Å². The Balaban J connectivity index is 1.62. The van der Waals surface area contributed by atoms with E-state index in [2.05, 4.69) is 81.3 Å². The van der Waals surface area contributed by atoms with Gasteiger partial charge in [0.15, 0.2) is 5.13 Å². The number of anilines is 1. The molecule has 150 valence electrons. The summed E-state index contributed by atoms with van der Waals surface area (Å²) in [5, 5.41) is 5.42. The van der Waals surface area contributed by atoms with E-state index in [0.29, 0.717) is 11.0 Å². The van der Waals surface area contributed by atoms with Gasteiger partial charge in [-0.1, -0.05) is 83.1 Å². The highest BCUT2D eigenvalue weighted by atomic mass is 32.1. The number of amides is 1. The van der Waals surface area contributed by atoms with Crippen molar-refractivity contribution in [1.82, 2.24) is 4.98 Å². The van der Waals surface area contributed by atoms with Crippen LogP contribution in [0.3, 0.4) is 0 Å². The molecular weight excluding hydrogens is 376 g/mol. The molecule has 0 atom stereocenters. The van der Waals surface area contributed by atoms with Crippen molar-refractivity contribution in [3.05, 3.63) is 76.7 Å². The fraction of sp³-hybridized carbons (Fsp3) is 0.280. The molecular formula is C25H28N2OS. The third-order valence-corrected chi connectivity index (χ3v) is 5.57. The van der Waals surface area contributed by atoms with Gasteiger partial charge in [-0.05, 0) is 34.1 Å². The normalized spacial score (nSPS) is 11.9. The maximum atomic E-state index is 12.2. The highest BCUT2D eigenvalue weighted by molar-refractivity contribution is 7.14. The molecule has 0 fully saturated rings. The number of benzene rings is 2. The molecule has 2 aromatic carbocycles. The van der Waals surface area contributed by atoms with Crippen molar-refractivity contribution >= 4 is 28.5 Å². The molecule has 1 amide bonds. The van der Waals surface area contributed by atoms with Crippen LogP contribution < -0.4 is 5.32 Å². The molecule has 3 rings (SSSR count). The Morgan fingerprint density at radius 3 is 2.28 bits per heavy atom. The van der Waals surface area contributed by atoms with Crippen molar-refractivity contribution in [3.8, 4) is 11.3 Å². The second kappa shape index (κ2) is 8.75. The second-order valence-electron chi connectivity index (χ2n) is 8.51. The third-order valence-electron chi connectivity index (χ3n) is 4.81. The summed E-state index contributed by atoms with van der Waals surface area (Å²) < 4.78 is 0.